The summed E-state index contributed by atoms with van der Waals surface area (Å²) in [6.45, 7) is 2.56. The Morgan fingerprint density at radius 3 is 2.61 bits per heavy atom. The molecule has 3 aromatic rings. The van der Waals surface area contributed by atoms with Crippen LogP contribution < -0.4 is 0 Å². The number of aryl methyl sites for hydroxylation is 1. The van der Waals surface area contributed by atoms with Gasteiger partial charge in [-0.15, -0.1) is 0 Å². The number of sulfone groups is 1. The molecule has 3 rings (SSSR count). The second kappa shape index (κ2) is 6.33. The molecule has 2 heterocycles. The fraction of sp³-hybridized carbons (Fsp3) is 0.267. The van der Waals surface area contributed by atoms with Gasteiger partial charge in [-0.2, -0.15) is 10.2 Å². The summed E-state index contributed by atoms with van der Waals surface area (Å²) in [6.07, 6.45) is 3.13. The molecule has 0 atom stereocenters. The summed E-state index contributed by atoms with van der Waals surface area (Å²) in [5.74, 6) is 0.0269. The second-order valence-electron chi connectivity index (χ2n) is 5.11. The third-order valence-corrected chi connectivity index (χ3v) is 4.81. The number of nitrogens with zero attached hydrogens (tertiary/aromatic N) is 5. The highest BCUT2D eigenvalue weighted by atomic mass is 32.2. The van der Waals surface area contributed by atoms with Gasteiger partial charge in [-0.25, -0.2) is 18.1 Å². The Morgan fingerprint density at radius 1 is 1.09 bits per heavy atom. The van der Waals surface area contributed by atoms with Gasteiger partial charge in [-0.1, -0.05) is 18.2 Å². The van der Waals surface area contributed by atoms with Gasteiger partial charge in [0.15, 0.2) is 15.7 Å². The maximum atomic E-state index is 12.4. The average molecular weight is 331 g/mol. The lowest BCUT2D eigenvalue weighted by Gasteiger charge is -2.05. The standard InChI is InChI=1S/C15H17N5O2S/c1-2-19-14(8-9-17-19)10-23(21,22)11-15-16-12-20(18-15)13-6-4-3-5-7-13/h3-9,12H,2,10-11H2,1H3. The van der Waals surface area contributed by atoms with Crippen LogP contribution in [-0.4, -0.2) is 33.0 Å². The highest BCUT2D eigenvalue weighted by Crippen LogP contribution is 2.11. The molecule has 0 aliphatic rings. The molecule has 0 N–H and O–H groups in total. The predicted octanol–water partition coefficient (Wildman–Crippen LogP) is 1.60. The third-order valence-electron chi connectivity index (χ3n) is 3.38. The Balaban J connectivity index is 1.75. The van der Waals surface area contributed by atoms with E-state index in [9.17, 15) is 8.42 Å². The number of para-hydroxylation sites is 1. The first-order valence-electron chi connectivity index (χ1n) is 7.24. The summed E-state index contributed by atoms with van der Waals surface area (Å²) >= 11 is 0. The molecule has 23 heavy (non-hydrogen) atoms. The molecule has 0 unspecified atom stereocenters. The van der Waals surface area contributed by atoms with E-state index in [1.165, 1.54) is 6.33 Å². The third kappa shape index (κ3) is 3.65. The Bertz CT molecular complexity index is 884. The molecular formula is C15H17N5O2S. The fourth-order valence-corrected chi connectivity index (χ4v) is 3.63. The second-order valence-corrected chi connectivity index (χ2v) is 7.18. The van der Waals surface area contributed by atoms with Crippen molar-refractivity contribution in [3.05, 3.63) is 60.4 Å². The zero-order valence-corrected chi connectivity index (χ0v) is 13.5. The van der Waals surface area contributed by atoms with Gasteiger partial charge in [0.25, 0.3) is 0 Å². The minimum absolute atomic E-state index is 0.0687. The van der Waals surface area contributed by atoms with Crippen molar-refractivity contribution in [2.75, 3.05) is 0 Å². The molecule has 0 aliphatic carbocycles. The van der Waals surface area contributed by atoms with Crippen molar-refractivity contribution < 1.29 is 8.42 Å². The van der Waals surface area contributed by atoms with Crippen molar-refractivity contribution in [3.8, 4) is 5.69 Å². The maximum absolute atomic E-state index is 12.4. The van der Waals surface area contributed by atoms with E-state index in [1.54, 1.807) is 21.6 Å². The summed E-state index contributed by atoms with van der Waals surface area (Å²) < 4.78 is 27.9. The van der Waals surface area contributed by atoms with Crippen LogP contribution in [0.3, 0.4) is 0 Å². The number of rotatable bonds is 6. The van der Waals surface area contributed by atoms with Gasteiger partial charge in [0.1, 0.15) is 12.1 Å². The summed E-state index contributed by atoms with van der Waals surface area (Å²) in [5, 5.41) is 8.33. The predicted molar refractivity (Wildman–Crippen MR) is 85.6 cm³/mol. The maximum Gasteiger partial charge on any atom is 0.166 e. The van der Waals surface area contributed by atoms with Crippen LogP contribution in [-0.2, 0) is 27.9 Å². The topological polar surface area (TPSA) is 82.7 Å². The van der Waals surface area contributed by atoms with E-state index in [0.29, 0.717) is 12.2 Å². The largest absolute Gasteiger partial charge is 0.269 e. The smallest absolute Gasteiger partial charge is 0.166 e. The molecule has 1 aromatic carbocycles. The average Bonchev–Trinajstić information content (AvgIpc) is 3.16. The first-order valence-corrected chi connectivity index (χ1v) is 9.06. The monoisotopic (exact) mass is 331 g/mol. The van der Waals surface area contributed by atoms with Crippen molar-refractivity contribution in [2.45, 2.75) is 25.0 Å². The molecule has 0 saturated heterocycles. The summed E-state index contributed by atoms with van der Waals surface area (Å²) in [4.78, 5) is 4.10. The summed E-state index contributed by atoms with van der Waals surface area (Å²) in [7, 11) is -3.36. The molecule has 0 bridgehead atoms. The van der Waals surface area contributed by atoms with Gasteiger partial charge >= 0.3 is 0 Å². The molecule has 0 aliphatic heterocycles. The number of benzene rings is 1. The van der Waals surface area contributed by atoms with Crippen molar-refractivity contribution >= 4 is 9.84 Å². The van der Waals surface area contributed by atoms with E-state index >= 15 is 0 Å². The minimum atomic E-state index is -3.36. The van der Waals surface area contributed by atoms with Crippen LogP contribution in [0.4, 0.5) is 0 Å². The zero-order chi connectivity index (χ0) is 16.3. The van der Waals surface area contributed by atoms with Crippen molar-refractivity contribution in [1.82, 2.24) is 24.5 Å². The Hall–Kier alpha value is -2.48. The molecule has 0 amide bonds. The molecule has 7 nitrogen and oxygen atoms in total. The van der Waals surface area contributed by atoms with Gasteiger partial charge in [0, 0.05) is 12.7 Å². The number of aromatic nitrogens is 5. The van der Waals surface area contributed by atoms with E-state index < -0.39 is 9.84 Å². The van der Waals surface area contributed by atoms with E-state index in [-0.39, 0.29) is 17.3 Å². The van der Waals surface area contributed by atoms with Crippen molar-refractivity contribution in [2.24, 2.45) is 0 Å². The first-order chi connectivity index (χ1) is 11.1. The van der Waals surface area contributed by atoms with Gasteiger partial charge in [0.05, 0.1) is 17.1 Å². The Kier molecular flexibility index (Phi) is 4.24. The van der Waals surface area contributed by atoms with Crippen molar-refractivity contribution in [3.63, 3.8) is 0 Å². The fourth-order valence-electron chi connectivity index (χ4n) is 2.31. The van der Waals surface area contributed by atoms with Crippen LogP contribution in [0.1, 0.15) is 18.4 Å². The molecule has 0 saturated carbocycles. The molecule has 0 spiro atoms. The van der Waals surface area contributed by atoms with Crippen LogP contribution in [0.5, 0.6) is 0 Å². The lowest BCUT2D eigenvalue weighted by molar-refractivity contribution is 0.584. The van der Waals surface area contributed by atoms with Gasteiger partial charge in [0.2, 0.25) is 0 Å². The van der Waals surface area contributed by atoms with E-state index in [2.05, 4.69) is 15.2 Å². The normalized spacial score (nSPS) is 11.7. The van der Waals surface area contributed by atoms with Gasteiger partial charge < -0.3 is 0 Å². The van der Waals surface area contributed by atoms with Gasteiger partial charge in [-0.05, 0) is 25.1 Å². The lowest BCUT2D eigenvalue weighted by atomic mass is 10.3. The summed E-state index contributed by atoms with van der Waals surface area (Å²) in [6, 6.07) is 11.2. The van der Waals surface area contributed by atoms with Crippen molar-refractivity contribution in [1.29, 1.82) is 0 Å². The lowest BCUT2D eigenvalue weighted by Crippen LogP contribution is -2.13. The molecule has 0 radical (unpaired) electrons. The Labute approximate surface area is 134 Å². The molecule has 2 aromatic heterocycles. The van der Waals surface area contributed by atoms with E-state index in [1.807, 2.05) is 37.3 Å². The molecule has 8 heteroatoms. The van der Waals surface area contributed by atoms with Crippen LogP contribution in [0, 0.1) is 0 Å². The zero-order valence-electron chi connectivity index (χ0n) is 12.7. The highest BCUT2D eigenvalue weighted by Gasteiger charge is 2.18. The van der Waals surface area contributed by atoms with Crippen LogP contribution >= 0.6 is 0 Å². The number of hydrogen-bond donors (Lipinski definition) is 0. The molecule has 120 valence electrons. The minimum Gasteiger partial charge on any atom is -0.269 e. The van der Waals surface area contributed by atoms with Gasteiger partial charge in [-0.3, -0.25) is 4.68 Å². The van der Waals surface area contributed by atoms with Crippen LogP contribution in [0.15, 0.2) is 48.9 Å². The molecule has 0 fully saturated rings. The summed E-state index contributed by atoms with van der Waals surface area (Å²) in [5.41, 5.74) is 1.52. The SMILES string of the molecule is CCn1nccc1CS(=O)(=O)Cc1ncn(-c2ccccc2)n1. The first kappa shape index (κ1) is 15.4. The number of hydrogen-bond acceptors (Lipinski definition) is 5. The van der Waals surface area contributed by atoms with E-state index in [4.69, 9.17) is 0 Å². The van der Waals surface area contributed by atoms with Crippen LogP contribution in [0.25, 0.3) is 5.69 Å². The molecular weight excluding hydrogens is 314 g/mol. The van der Waals surface area contributed by atoms with E-state index in [0.717, 1.165) is 5.69 Å². The quantitative estimate of drug-likeness (QED) is 0.685. The Morgan fingerprint density at radius 2 is 1.87 bits per heavy atom. The highest BCUT2D eigenvalue weighted by molar-refractivity contribution is 7.89. The van der Waals surface area contributed by atoms with Crippen LogP contribution in [0.2, 0.25) is 0 Å².